The van der Waals surface area contributed by atoms with Crippen molar-refractivity contribution in [3.8, 4) is 11.5 Å². The van der Waals surface area contributed by atoms with Gasteiger partial charge < -0.3 is 19.1 Å². The van der Waals surface area contributed by atoms with E-state index in [1.54, 1.807) is 34.1 Å². The van der Waals surface area contributed by atoms with Crippen molar-refractivity contribution >= 4 is 16.9 Å². The van der Waals surface area contributed by atoms with Crippen LogP contribution in [0.1, 0.15) is 19.4 Å². The van der Waals surface area contributed by atoms with Crippen molar-refractivity contribution in [1.29, 1.82) is 0 Å². The average Bonchev–Trinajstić information content (AvgIpc) is 2.75. The van der Waals surface area contributed by atoms with Crippen molar-refractivity contribution < 1.29 is 19.4 Å². The van der Waals surface area contributed by atoms with Crippen LogP contribution in [0.15, 0.2) is 18.3 Å². The maximum atomic E-state index is 11.5. The standard InChI is InChI=1S/C15H19NO4/c1-15(2,14(17)18)10-8-16(3)11-6-9(19-4)7-12(20-5)13(10)11/h6-8H,1-5H3,(H,17,18). The zero-order valence-electron chi connectivity index (χ0n) is 12.4. The minimum absolute atomic E-state index is 0.615. The molecular weight excluding hydrogens is 258 g/mol. The number of hydrogen-bond acceptors (Lipinski definition) is 3. The topological polar surface area (TPSA) is 60.7 Å². The molecule has 1 heterocycles. The number of nitrogens with zero attached hydrogens (tertiary/aromatic N) is 1. The Morgan fingerprint density at radius 2 is 1.90 bits per heavy atom. The number of carbonyl (C=O) groups is 1. The van der Waals surface area contributed by atoms with Gasteiger partial charge in [-0.25, -0.2) is 0 Å². The molecule has 0 atom stereocenters. The Bertz CT molecular complexity index is 670. The molecule has 0 aliphatic heterocycles. The molecule has 0 unspecified atom stereocenters. The summed E-state index contributed by atoms with van der Waals surface area (Å²) in [7, 11) is 5.03. The first-order valence-electron chi connectivity index (χ1n) is 6.27. The number of hydrogen-bond donors (Lipinski definition) is 1. The molecule has 1 aromatic carbocycles. The first-order chi connectivity index (χ1) is 9.32. The summed E-state index contributed by atoms with van der Waals surface area (Å²) in [6.07, 6.45) is 1.83. The van der Waals surface area contributed by atoms with Crippen molar-refractivity contribution in [3.05, 3.63) is 23.9 Å². The van der Waals surface area contributed by atoms with Crippen LogP contribution < -0.4 is 9.47 Å². The van der Waals surface area contributed by atoms with Gasteiger partial charge in [-0.2, -0.15) is 0 Å². The van der Waals surface area contributed by atoms with Gasteiger partial charge in [-0.15, -0.1) is 0 Å². The normalized spacial score (nSPS) is 11.7. The summed E-state index contributed by atoms with van der Waals surface area (Å²) in [4.78, 5) is 11.5. The molecule has 0 saturated heterocycles. The predicted molar refractivity (Wildman–Crippen MR) is 76.7 cm³/mol. The van der Waals surface area contributed by atoms with Crippen LogP contribution >= 0.6 is 0 Å². The van der Waals surface area contributed by atoms with Gasteiger partial charge in [-0.1, -0.05) is 0 Å². The third-order valence-electron chi connectivity index (χ3n) is 3.69. The Labute approximate surface area is 117 Å². The first-order valence-corrected chi connectivity index (χ1v) is 6.27. The molecule has 108 valence electrons. The second-order valence-corrected chi connectivity index (χ2v) is 5.31. The number of methoxy groups -OCH3 is 2. The molecule has 0 radical (unpaired) electrons. The van der Waals surface area contributed by atoms with Crippen molar-refractivity contribution in [3.63, 3.8) is 0 Å². The van der Waals surface area contributed by atoms with Gasteiger partial charge in [0.15, 0.2) is 0 Å². The Morgan fingerprint density at radius 3 is 2.40 bits per heavy atom. The van der Waals surface area contributed by atoms with Crippen LogP contribution in [-0.4, -0.2) is 29.9 Å². The fourth-order valence-corrected chi connectivity index (χ4v) is 2.32. The van der Waals surface area contributed by atoms with Crippen LogP contribution in [0.25, 0.3) is 10.9 Å². The number of aliphatic carboxylic acids is 1. The molecule has 1 N–H and O–H groups in total. The molecule has 0 aliphatic rings. The van der Waals surface area contributed by atoms with Gasteiger partial charge >= 0.3 is 5.97 Å². The Kier molecular flexibility index (Phi) is 3.38. The highest BCUT2D eigenvalue weighted by Crippen LogP contribution is 2.39. The van der Waals surface area contributed by atoms with Crippen molar-refractivity contribution in [1.82, 2.24) is 4.57 Å². The fraction of sp³-hybridized carbons (Fsp3) is 0.400. The smallest absolute Gasteiger partial charge is 0.313 e. The summed E-state index contributed by atoms with van der Waals surface area (Å²) in [5, 5.41) is 10.3. The average molecular weight is 277 g/mol. The van der Waals surface area contributed by atoms with E-state index >= 15 is 0 Å². The molecular formula is C15H19NO4. The van der Waals surface area contributed by atoms with E-state index in [0.717, 1.165) is 16.5 Å². The number of rotatable bonds is 4. The van der Waals surface area contributed by atoms with Gasteiger partial charge in [0, 0.05) is 30.8 Å². The van der Waals surface area contributed by atoms with Gasteiger partial charge in [-0.3, -0.25) is 4.79 Å². The number of benzene rings is 1. The molecule has 0 bridgehead atoms. The minimum Gasteiger partial charge on any atom is -0.497 e. The number of ether oxygens (including phenoxy) is 2. The molecule has 0 spiro atoms. The Hall–Kier alpha value is -2.17. The van der Waals surface area contributed by atoms with E-state index in [1.165, 1.54) is 0 Å². The number of carboxylic acids is 1. The molecule has 0 saturated carbocycles. The SMILES string of the molecule is COc1cc(OC)c2c(C(C)(C)C(=O)O)cn(C)c2c1. The first kappa shape index (κ1) is 14.2. The molecule has 0 fully saturated rings. The van der Waals surface area contributed by atoms with Gasteiger partial charge in [0.25, 0.3) is 0 Å². The number of aryl methyl sites for hydroxylation is 1. The van der Waals surface area contributed by atoms with Crippen molar-refractivity contribution in [2.24, 2.45) is 7.05 Å². The Morgan fingerprint density at radius 1 is 1.25 bits per heavy atom. The number of aromatic nitrogens is 1. The molecule has 1 aromatic heterocycles. The van der Waals surface area contributed by atoms with Crippen LogP contribution in [-0.2, 0) is 17.3 Å². The summed E-state index contributed by atoms with van der Waals surface area (Å²) < 4.78 is 12.6. The summed E-state index contributed by atoms with van der Waals surface area (Å²) in [5.74, 6) is 0.419. The lowest BCUT2D eigenvalue weighted by Crippen LogP contribution is -2.28. The zero-order valence-corrected chi connectivity index (χ0v) is 12.4. The predicted octanol–water partition coefficient (Wildman–Crippen LogP) is 2.56. The van der Waals surface area contributed by atoms with Gasteiger partial charge in [0.2, 0.25) is 0 Å². The van der Waals surface area contributed by atoms with Crippen LogP contribution in [0, 0.1) is 0 Å². The largest absolute Gasteiger partial charge is 0.497 e. The van der Waals surface area contributed by atoms with Gasteiger partial charge in [0.1, 0.15) is 11.5 Å². The van der Waals surface area contributed by atoms with Crippen LogP contribution in [0.4, 0.5) is 0 Å². The summed E-state index contributed by atoms with van der Waals surface area (Å²) in [6.45, 7) is 3.38. The van der Waals surface area contributed by atoms with Crippen LogP contribution in [0.3, 0.4) is 0 Å². The van der Waals surface area contributed by atoms with E-state index in [0.29, 0.717) is 11.5 Å². The van der Waals surface area contributed by atoms with E-state index in [4.69, 9.17) is 9.47 Å². The second kappa shape index (κ2) is 4.74. The quantitative estimate of drug-likeness (QED) is 0.933. The zero-order chi connectivity index (χ0) is 15.1. The summed E-state index contributed by atoms with van der Waals surface area (Å²) >= 11 is 0. The van der Waals surface area contributed by atoms with Crippen molar-refractivity contribution in [2.45, 2.75) is 19.3 Å². The highest BCUT2D eigenvalue weighted by atomic mass is 16.5. The summed E-state index contributed by atoms with van der Waals surface area (Å²) in [5.41, 5.74) is 0.606. The highest BCUT2D eigenvalue weighted by molar-refractivity contribution is 5.96. The van der Waals surface area contributed by atoms with E-state index < -0.39 is 11.4 Å². The van der Waals surface area contributed by atoms with E-state index in [2.05, 4.69) is 0 Å². The van der Waals surface area contributed by atoms with E-state index in [9.17, 15) is 9.90 Å². The molecule has 20 heavy (non-hydrogen) atoms. The van der Waals surface area contributed by atoms with Gasteiger partial charge in [0.05, 0.1) is 25.2 Å². The molecule has 0 amide bonds. The third-order valence-corrected chi connectivity index (χ3v) is 3.69. The lowest BCUT2D eigenvalue weighted by atomic mass is 9.84. The van der Waals surface area contributed by atoms with E-state index in [-0.39, 0.29) is 0 Å². The maximum absolute atomic E-state index is 11.5. The molecule has 5 nitrogen and oxygen atoms in total. The third kappa shape index (κ3) is 1.99. The second-order valence-electron chi connectivity index (χ2n) is 5.31. The molecule has 2 rings (SSSR count). The lowest BCUT2D eigenvalue weighted by Gasteiger charge is -2.19. The Balaban J connectivity index is 2.85. The molecule has 2 aromatic rings. The van der Waals surface area contributed by atoms with Crippen molar-refractivity contribution in [2.75, 3.05) is 14.2 Å². The highest BCUT2D eigenvalue weighted by Gasteiger charge is 2.33. The minimum atomic E-state index is -0.999. The maximum Gasteiger partial charge on any atom is 0.313 e. The van der Waals surface area contributed by atoms with E-state index in [1.807, 2.05) is 23.9 Å². The van der Waals surface area contributed by atoms with Crippen LogP contribution in [0.2, 0.25) is 0 Å². The molecule has 0 aliphatic carbocycles. The monoisotopic (exact) mass is 277 g/mol. The molecule has 5 heteroatoms. The van der Waals surface area contributed by atoms with Crippen LogP contribution in [0.5, 0.6) is 11.5 Å². The number of carboxylic acid groups (broad SMARTS) is 1. The van der Waals surface area contributed by atoms with Gasteiger partial charge in [-0.05, 0) is 19.4 Å². The number of fused-ring (bicyclic) bond motifs is 1. The fourth-order valence-electron chi connectivity index (χ4n) is 2.32. The lowest BCUT2D eigenvalue weighted by molar-refractivity contribution is -0.142. The summed E-state index contributed by atoms with van der Waals surface area (Å²) in [6, 6.07) is 3.64.